The Kier molecular flexibility index (Phi) is 2.13. The van der Waals surface area contributed by atoms with Crippen molar-refractivity contribution in [3.8, 4) is 0 Å². The van der Waals surface area contributed by atoms with E-state index in [9.17, 15) is 4.79 Å². The predicted octanol–water partition coefficient (Wildman–Crippen LogP) is 2.14. The van der Waals surface area contributed by atoms with Gasteiger partial charge in [0.2, 0.25) is 0 Å². The van der Waals surface area contributed by atoms with Crippen LogP contribution in [0.15, 0.2) is 29.3 Å². The summed E-state index contributed by atoms with van der Waals surface area (Å²) in [5.41, 5.74) is 0.971. The molecule has 84 valence electrons. The maximum absolute atomic E-state index is 12.2. The van der Waals surface area contributed by atoms with E-state index in [4.69, 9.17) is 0 Å². The Morgan fingerprint density at radius 1 is 1.31 bits per heavy atom. The van der Waals surface area contributed by atoms with Gasteiger partial charge in [-0.25, -0.2) is 0 Å². The van der Waals surface area contributed by atoms with E-state index < -0.39 is 0 Å². The second kappa shape index (κ2) is 3.51. The van der Waals surface area contributed by atoms with Crippen LogP contribution in [0.1, 0.15) is 19.3 Å². The molecule has 0 aromatic carbocycles. The number of fused-ring (bicyclic) bond motifs is 1. The number of hydrogen-bond donors (Lipinski definition) is 0. The van der Waals surface area contributed by atoms with E-state index in [2.05, 4.69) is 0 Å². The van der Waals surface area contributed by atoms with Gasteiger partial charge in [0.1, 0.15) is 5.52 Å². The third-order valence-electron chi connectivity index (χ3n) is 3.68. The highest BCUT2D eigenvalue weighted by molar-refractivity contribution is 5.78. The van der Waals surface area contributed by atoms with Gasteiger partial charge in [-0.05, 0) is 30.9 Å². The molecule has 0 atom stereocenters. The summed E-state index contributed by atoms with van der Waals surface area (Å²) in [6.45, 7) is 0.889. The van der Waals surface area contributed by atoms with Crippen molar-refractivity contribution in [2.45, 2.75) is 25.8 Å². The molecular formula is C13H16N2O. The Hall–Kier alpha value is -1.51. The summed E-state index contributed by atoms with van der Waals surface area (Å²) in [4.78, 5) is 12.2. The summed E-state index contributed by atoms with van der Waals surface area (Å²) in [6.07, 6.45) is 7.75. The second-order valence-electron chi connectivity index (χ2n) is 4.80. The lowest BCUT2D eigenvalue weighted by atomic mass is 9.85. The third-order valence-corrected chi connectivity index (χ3v) is 3.68. The predicted molar refractivity (Wildman–Crippen MR) is 64.5 cm³/mol. The highest BCUT2D eigenvalue weighted by atomic mass is 16.1. The van der Waals surface area contributed by atoms with Crippen molar-refractivity contribution in [3.05, 3.63) is 34.9 Å². The molecule has 1 saturated carbocycles. The number of pyridine rings is 1. The molecule has 2 aromatic heterocycles. The molecule has 16 heavy (non-hydrogen) atoms. The standard InChI is InChI=1S/C13H16N2O/c1-14-7-5-11-6-8-15(13(16)12(11)14)9-10-3-2-4-10/h5-8,10H,2-4,9H2,1H3. The average Bonchev–Trinajstić information content (AvgIpc) is 2.57. The summed E-state index contributed by atoms with van der Waals surface area (Å²) >= 11 is 0. The fourth-order valence-corrected chi connectivity index (χ4v) is 2.43. The molecule has 1 aliphatic rings. The van der Waals surface area contributed by atoms with E-state index in [1.807, 2.05) is 40.7 Å². The fraction of sp³-hybridized carbons (Fsp3) is 0.462. The van der Waals surface area contributed by atoms with Gasteiger partial charge in [0.25, 0.3) is 5.56 Å². The summed E-state index contributed by atoms with van der Waals surface area (Å²) in [5.74, 6) is 0.718. The molecule has 0 amide bonds. The zero-order valence-electron chi connectivity index (χ0n) is 9.52. The van der Waals surface area contributed by atoms with Crippen LogP contribution >= 0.6 is 0 Å². The molecule has 1 fully saturated rings. The van der Waals surface area contributed by atoms with Crippen molar-refractivity contribution in [2.24, 2.45) is 13.0 Å². The molecular weight excluding hydrogens is 200 g/mol. The fourth-order valence-electron chi connectivity index (χ4n) is 2.43. The number of aromatic nitrogens is 2. The van der Waals surface area contributed by atoms with Crippen molar-refractivity contribution in [1.29, 1.82) is 0 Å². The first-order valence-electron chi connectivity index (χ1n) is 5.90. The van der Waals surface area contributed by atoms with Crippen LogP contribution in [0, 0.1) is 5.92 Å². The Labute approximate surface area is 94.3 Å². The summed E-state index contributed by atoms with van der Waals surface area (Å²) in [5, 5.41) is 1.04. The van der Waals surface area contributed by atoms with Gasteiger partial charge < -0.3 is 9.13 Å². The van der Waals surface area contributed by atoms with E-state index in [1.165, 1.54) is 19.3 Å². The Balaban J connectivity index is 2.07. The maximum Gasteiger partial charge on any atom is 0.275 e. The summed E-state index contributed by atoms with van der Waals surface area (Å²) in [6, 6.07) is 4.03. The topological polar surface area (TPSA) is 26.9 Å². The Morgan fingerprint density at radius 2 is 2.06 bits per heavy atom. The van der Waals surface area contributed by atoms with Crippen molar-refractivity contribution in [3.63, 3.8) is 0 Å². The highest BCUT2D eigenvalue weighted by Gasteiger charge is 2.18. The smallest absolute Gasteiger partial charge is 0.275 e. The van der Waals surface area contributed by atoms with E-state index >= 15 is 0 Å². The molecule has 0 N–H and O–H groups in total. The van der Waals surface area contributed by atoms with Crippen LogP contribution in [0.2, 0.25) is 0 Å². The minimum Gasteiger partial charge on any atom is -0.346 e. The number of rotatable bonds is 2. The molecule has 0 radical (unpaired) electrons. The van der Waals surface area contributed by atoms with Gasteiger partial charge in [0.05, 0.1) is 0 Å². The minimum atomic E-state index is 0.150. The van der Waals surface area contributed by atoms with Gasteiger partial charge in [0, 0.05) is 31.4 Å². The van der Waals surface area contributed by atoms with Gasteiger partial charge in [0.15, 0.2) is 0 Å². The van der Waals surface area contributed by atoms with Gasteiger partial charge in [-0.1, -0.05) is 6.42 Å². The summed E-state index contributed by atoms with van der Waals surface area (Å²) in [7, 11) is 1.93. The van der Waals surface area contributed by atoms with Crippen molar-refractivity contribution in [1.82, 2.24) is 9.13 Å². The molecule has 2 aromatic rings. The molecule has 2 heterocycles. The van der Waals surface area contributed by atoms with Crippen LogP contribution in [-0.2, 0) is 13.6 Å². The zero-order chi connectivity index (χ0) is 11.1. The van der Waals surface area contributed by atoms with Crippen LogP contribution in [0.25, 0.3) is 10.9 Å². The maximum atomic E-state index is 12.2. The van der Waals surface area contributed by atoms with E-state index in [-0.39, 0.29) is 5.56 Å². The van der Waals surface area contributed by atoms with Gasteiger partial charge in [-0.15, -0.1) is 0 Å². The van der Waals surface area contributed by atoms with Crippen LogP contribution < -0.4 is 5.56 Å². The molecule has 1 aliphatic carbocycles. The number of aryl methyl sites for hydroxylation is 1. The van der Waals surface area contributed by atoms with E-state index in [0.717, 1.165) is 23.4 Å². The Bertz CT molecular complexity index is 575. The Morgan fingerprint density at radius 3 is 2.75 bits per heavy atom. The van der Waals surface area contributed by atoms with Crippen LogP contribution in [0.5, 0.6) is 0 Å². The summed E-state index contributed by atoms with van der Waals surface area (Å²) < 4.78 is 3.78. The van der Waals surface area contributed by atoms with Crippen LogP contribution in [-0.4, -0.2) is 9.13 Å². The van der Waals surface area contributed by atoms with Gasteiger partial charge in [-0.2, -0.15) is 0 Å². The van der Waals surface area contributed by atoms with Crippen LogP contribution in [0.3, 0.4) is 0 Å². The largest absolute Gasteiger partial charge is 0.346 e. The first-order chi connectivity index (χ1) is 7.75. The molecule has 0 spiro atoms. The van der Waals surface area contributed by atoms with E-state index in [0.29, 0.717) is 0 Å². The van der Waals surface area contributed by atoms with Crippen LogP contribution in [0.4, 0.5) is 0 Å². The second-order valence-corrected chi connectivity index (χ2v) is 4.80. The lowest BCUT2D eigenvalue weighted by Gasteiger charge is -2.25. The molecule has 3 nitrogen and oxygen atoms in total. The van der Waals surface area contributed by atoms with Gasteiger partial charge in [-0.3, -0.25) is 4.79 Å². The minimum absolute atomic E-state index is 0.150. The zero-order valence-corrected chi connectivity index (χ0v) is 9.52. The number of hydrogen-bond acceptors (Lipinski definition) is 1. The lowest BCUT2D eigenvalue weighted by molar-refractivity contribution is 0.274. The van der Waals surface area contributed by atoms with Gasteiger partial charge >= 0.3 is 0 Å². The molecule has 0 saturated heterocycles. The molecule has 0 unspecified atom stereocenters. The average molecular weight is 216 g/mol. The molecule has 3 rings (SSSR count). The third kappa shape index (κ3) is 1.39. The molecule has 3 heteroatoms. The van der Waals surface area contributed by atoms with Crippen molar-refractivity contribution < 1.29 is 0 Å². The normalized spacial score (nSPS) is 16.6. The molecule has 0 bridgehead atoms. The first-order valence-corrected chi connectivity index (χ1v) is 5.90. The first kappa shape index (κ1) is 9.70. The monoisotopic (exact) mass is 216 g/mol. The highest BCUT2D eigenvalue weighted by Crippen LogP contribution is 2.27. The quantitative estimate of drug-likeness (QED) is 0.755. The SMILES string of the molecule is Cn1ccc2ccn(CC3CCC3)c(=O)c21. The molecule has 0 aliphatic heterocycles. The van der Waals surface area contributed by atoms with E-state index in [1.54, 1.807) is 0 Å². The van der Waals surface area contributed by atoms with Crippen molar-refractivity contribution in [2.75, 3.05) is 0 Å². The lowest BCUT2D eigenvalue weighted by Crippen LogP contribution is -2.27. The van der Waals surface area contributed by atoms with Crippen molar-refractivity contribution >= 4 is 10.9 Å². The number of nitrogens with zero attached hydrogens (tertiary/aromatic N) is 2.